The Balaban J connectivity index is 1.79. The minimum absolute atomic E-state index is 0.00375. The standard InChI is InChI=1S/C19H20F2N2O6S/c1-27-17-7-6-15(30(25,26)23-13-8-9-28-11-13)10-16(17)18(24)22-12-2-4-14(5-3-12)29-19(20)21/h2-7,10,13,19,23H,8-9,11H2,1H3,(H,22,24). The Morgan fingerprint density at radius 1 is 1.20 bits per heavy atom. The highest BCUT2D eigenvalue weighted by molar-refractivity contribution is 7.89. The molecule has 1 aliphatic heterocycles. The number of sulfonamides is 1. The lowest BCUT2D eigenvalue weighted by molar-refractivity contribution is -0.0498. The molecule has 3 rings (SSSR count). The van der Waals surface area contributed by atoms with E-state index >= 15 is 0 Å². The molecule has 2 aromatic rings. The second-order valence-electron chi connectivity index (χ2n) is 6.40. The first-order valence-corrected chi connectivity index (χ1v) is 10.4. The van der Waals surface area contributed by atoms with E-state index in [1.165, 1.54) is 49.6 Å². The molecule has 0 spiro atoms. The molecule has 1 unspecified atom stereocenters. The van der Waals surface area contributed by atoms with E-state index in [9.17, 15) is 22.0 Å². The van der Waals surface area contributed by atoms with Crippen molar-refractivity contribution in [3.8, 4) is 11.5 Å². The van der Waals surface area contributed by atoms with Crippen LogP contribution in [0.25, 0.3) is 0 Å². The Labute approximate surface area is 172 Å². The van der Waals surface area contributed by atoms with Gasteiger partial charge in [0.25, 0.3) is 5.91 Å². The second-order valence-corrected chi connectivity index (χ2v) is 8.11. The van der Waals surface area contributed by atoms with Crippen LogP contribution in [0.5, 0.6) is 11.5 Å². The summed E-state index contributed by atoms with van der Waals surface area (Å²) in [5.74, 6) is -0.514. The van der Waals surface area contributed by atoms with E-state index in [0.29, 0.717) is 18.7 Å². The van der Waals surface area contributed by atoms with Gasteiger partial charge in [-0.15, -0.1) is 0 Å². The van der Waals surface area contributed by atoms with Gasteiger partial charge in [0.2, 0.25) is 10.0 Å². The zero-order valence-corrected chi connectivity index (χ0v) is 16.7. The minimum Gasteiger partial charge on any atom is -0.496 e. The van der Waals surface area contributed by atoms with Crippen molar-refractivity contribution in [3.63, 3.8) is 0 Å². The second kappa shape index (κ2) is 9.37. The molecule has 162 valence electrons. The molecule has 0 aliphatic carbocycles. The number of hydrogen-bond acceptors (Lipinski definition) is 6. The summed E-state index contributed by atoms with van der Waals surface area (Å²) in [6.07, 6.45) is 0.563. The Hall–Kier alpha value is -2.76. The van der Waals surface area contributed by atoms with Crippen LogP contribution in [0.3, 0.4) is 0 Å². The van der Waals surface area contributed by atoms with Crippen LogP contribution in [0.4, 0.5) is 14.5 Å². The van der Waals surface area contributed by atoms with Crippen molar-refractivity contribution < 1.29 is 36.2 Å². The SMILES string of the molecule is COc1ccc(S(=O)(=O)NC2CCOC2)cc1C(=O)Nc1ccc(OC(F)F)cc1. The molecule has 2 N–H and O–H groups in total. The van der Waals surface area contributed by atoms with Crippen LogP contribution in [0.1, 0.15) is 16.8 Å². The summed E-state index contributed by atoms with van der Waals surface area (Å²) in [4.78, 5) is 12.6. The summed E-state index contributed by atoms with van der Waals surface area (Å²) in [7, 11) is -2.52. The number of carbonyl (C=O) groups excluding carboxylic acids is 1. The monoisotopic (exact) mass is 442 g/mol. The predicted molar refractivity (Wildman–Crippen MR) is 104 cm³/mol. The van der Waals surface area contributed by atoms with Crippen LogP contribution in [0, 0.1) is 0 Å². The van der Waals surface area contributed by atoms with Gasteiger partial charge in [0.1, 0.15) is 11.5 Å². The summed E-state index contributed by atoms with van der Waals surface area (Å²) >= 11 is 0. The van der Waals surface area contributed by atoms with Crippen molar-refractivity contribution in [1.82, 2.24) is 4.72 Å². The molecule has 1 atom stereocenters. The molecule has 8 nitrogen and oxygen atoms in total. The smallest absolute Gasteiger partial charge is 0.387 e. The molecule has 2 aromatic carbocycles. The van der Waals surface area contributed by atoms with E-state index in [1.54, 1.807) is 0 Å². The summed E-state index contributed by atoms with van der Waals surface area (Å²) < 4.78 is 66.9. The molecule has 11 heteroatoms. The van der Waals surface area contributed by atoms with Crippen LogP contribution in [-0.2, 0) is 14.8 Å². The molecular weight excluding hydrogens is 422 g/mol. The Bertz CT molecular complexity index is 993. The first kappa shape index (κ1) is 21.9. The third-order valence-corrected chi connectivity index (χ3v) is 5.83. The Morgan fingerprint density at radius 2 is 1.93 bits per heavy atom. The molecule has 1 aliphatic rings. The van der Waals surface area contributed by atoms with Gasteiger partial charge in [-0.05, 0) is 48.9 Å². The highest BCUT2D eigenvalue weighted by Crippen LogP contribution is 2.25. The summed E-state index contributed by atoms with van der Waals surface area (Å²) in [5, 5.41) is 2.57. The lowest BCUT2D eigenvalue weighted by Crippen LogP contribution is -2.35. The molecule has 1 heterocycles. The van der Waals surface area contributed by atoms with E-state index in [-0.39, 0.29) is 34.6 Å². The van der Waals surface area contributed by atoms with Gasteiger partial charge < -0.3 is 19.5 Å². The van der Waals surface area contributed by atoms with Gasteiger partial charge in [-0.25, -0.2) is 13.1 Å². The molecule has 0 bridgehead atoms. The quantitative estimate of drug-likeness (QED) is 0.652. The van der Waals surface area contributed by atoms with Crippen molar-refractivity contribution in [1.29, 1.82) is 0 Å². The molecule has 1 fully saturated rings. The zero-order chi connectivity index (χ0) is 21.7. The van der Waals surface area contributed by atoms with Gasteiger partial charge in [-0.2, -0.15) is 8.78 Å². The number of rotatable bonds is 8. The molecular formula is C19H20F2N2O6S. The highest BCUT2D eigenvalue weighted by Gasteiger charge is 2.25. The Morgan fingerprint density at radius 3 is 2.53 bits per heavy atom. The number of amides is 1. The van der Waals surface area contributed by atoms with E-state index in [1.807, 2.05) is 0 Å². The van der Waals surface area contributed by atoms with E-state index < -0.39 is 22.5 Å². The van der Waals surface area contributed by atoms with Crippen LogP contribution < -0.4 is 19.5 Å². The minimum atomic E-state index is -3.87. The number of methoxy groups -OCH3 is 1. The van der Waals surface area contributed by atoms with Gasteiger partial charge in [0.15, 0.2) is 0 Å². The van der Waals surface area contributed by atoms with Gasteiger partial charge in [-0.1, -0.05) is 0 Å². The molecule has 1 amide bonds. The molecule has 0 aromatic heterocycles. The first-order valence-electron chi connectivity index (χ1n) is 8.93. The average molecular weight is 442 g/mol. The maximum atomic E-state index is 12.7. The van der Waals surface area contributed by atoms with Gasteiger partial charge in [0, 0.05) is 18.3 Å². The van der Waals surface area contributed by atoms with Crippen molar-refractivity contribution in [2.45, 2.75) is 24.0 Å². The normalized spacial score (nSPS) is 16.5. The molecule has 1 saturated heterocycles. The van der Waals surface area contributed by atoms with Crippen molar-refractivity contribution >= 4 is 21.6 Å². The number of anilines is 1. The number of hydrogen-bond donors (Lipinski definition) is 2. The van der Waals surface area contributed by atoms with Gasteiger partial charge in [0.05, 0.1) is 24.2 Å². The van der Waals surface area contributed by atoms with E-state index in [4.69, 9.17) is 9.47 Å². The maximum absolute atomic E-state index is 12.7. The van der Waals surface area contributed by atoms with E-state index in [0.717, 1.165) is 0 Å². The van der Waals surface area contributed by atoms with Crippen molar-refractivity contribution in [2.24, 2.45) is 0 Å². The van der Waals surface area contributed by atoms with Crippen LogP contribution in [-0.4, -0.2) is 47.3 Å². The van der Waals surface area contributed by atoms with Crippen molar-refractivity contribution in [2.75, 3.05) is 25.6 Å². The van der Waals surface area contributed by atoms with Crippen LogP contribution >= 0.6 is 0 Å². The number of nitrogens with one attached hydrogen (secondary N) is 2. The summed E-state index contributed by atoms with van der Waals surface area (Å²) in [5.41, 5.74) is 0.300. The Kier molecular flexibility index (Phi) is 6.85. The fraction of sp³-hybridized carbons (Fsp3) is 0.316. The van der Waals surface area contributed by atoms with Crippen molar-refractivity contribution in [3.05, 3.63) is 48.0 Å². The number of halogens is 2. The topological polar surface area (TPSA) is 103 Å². The molecule has 0 saturated carbocycles. The van der Waals surface area contributed by atoms with Gasteiger partial charge in [-0.3, -0.25) is 4.79 Å². The number of carbonyl (C=O) groups is 1. The number of alkyl halides is 2. The summed E-state index contributed by atoms with van der Waals surface area (Å²) in [6, 6.07) is 8.90. The number of benzene rings is 2. The largest absolute Gasteiger partial charge is 0.496 e. The summed E-state index contributed by atoms with van der Waals surface area (Å²) in [6.45, 7) is -2.19. The average Bonchev–Trinajstić information content (AvgIpc) is 3.20. The third-order valence-electron chi connectivity index (χ3n) is 4.31. The zero-order valence-electron chi connectivity index (χ0n) is 15.9. The molecule has 30 heavy (non-hydrogen) atoms. The maximum Gasteiger partial charge on any atom is 0.387 e. The highest BCUT2D eigenvalue weighted by atomic mass is 32.2. The predicted octanol–water partition coefficient (Wildman–Crippen LogP) is 2.62. The fourth-order valence-electron chi connectivity index (χ4n) is 2.86. The van der Waals surface area contributed by atoms with E-state index in [2.05, 4.69) is 14.8 Å². The lowest BCUT2D eigenvalue weighted by atomic mass is 10.2. The first-order chi connectivity index (χ1) is 14.3. The van der Waals surface area contributed by atoms with Gasteiger partial charge >= 0.3 is 6.61 Å². The molecule has 0 radical (unpaired) electrons. The number of ether oxygens (including phenoxy) is 3. The van der Waals surface area contributed by atoms with Crippen LogP contribution in [0.15, 0.2) is 47.4 Å². The fourth-order valence-corrected chi connectivity index (χ4v) is 4.15. The van der Waals surface area contributed by atoms with Crippen LogP contribution in [0.2, 0.25) is 0 Å². The third kappa shape index (κ3) is 5.43. The lowest BCUT2D eigenvalue weighted by Gasteiger charge is -2.14.